The molecule has 4 nitrogen and oxygen atoms in total. The van der Waals surface area contributed by atoms with Crippen LogP contribution in [0.15, 0.2) is 48.5 Å². The van der Waals surface area contributed by atoms with Gasteiger partial charge in [0, 0.05) is 31.7 Å². The Morgan fingerprint density at radius 3 is 1.96 bits per heavy atom. The van der Waals surface area contributed by atoms with Crippen LogP contribution in [0.4, 0.5) is 0 Å². The van der Waals surface area contributed by atoms with Crippen molar-refractivity contribution < 1.29 is 9.59 Å². The maximum Gasteiger partial charge on any atom is 0.255 e. The molecule has 1 fully saturated rings. The zero-order valence-corrected chi connectivity index (χ0v) is 14.3. The van der Waals surface area contributed by atoms with E-state index in [-0.39, 0.29) is 11.8 Å². The standard InChI is InChI=1S/C19H19ClN2O2/c1-14-6-8-15(9-7-14)18(23)21-10-12-22(13-11-21)19(24)16-4-2-3-5-17(16)20/h2-9H,10-13H2,1H3. The number of nitrogens with zero attached hydrogens (tertiary/aromatic N) is 2. The highest BCUT2D eigenvalue weighted by atomic mass is 35.5. The van der Waals surface area contributed by atoms with Crippen molar-refractivity contribution in [3.63, 3.8) is 0 Å². The molecule has 1 aliphatic heterocycles. The molecule has 0 aliphatic carbocycles. The maximum absolute atomic E-state index is 12.5. The molecule has 0 radical (unpaired) electrons. The molecule has 5 heteroatoms. The number of amides is 2. The third kappa shape index (κ3) is 3.44. The molecule has 1 aliphatic rings. The molecule has 3 rings (SSSR count). The number of benzene rings is 2. The van der Waals surface area contributed by atoms with Crippen LogP contribution in [0.2, 0.25) is 5.02 Å². The molecule has 2 aromatic carbocycles. The van der Waals surface area contributed by atoms with E-state index in [0.717, 1.165) is 5.56 Å². The van der Waals surface area contributed by atoms with Crippen LogP contribution >= 0.6 is 11.6 Å². The largest absolute Gasteiger partial charge is 0.335 e. The van der Waals surface area contributed by atoms with Crippen LogP contribution in [0, 0.1) is 6.92 Å². The summed E-state index contributed by atoms with van der Waals surface area (Å²) in [7, 11) is 0. The second-order valence-corrected chi connectivity index (χ2v) is 6.34. The molecule has 2 amide bonds. The molecule has 1 saturated heterocycles. The lowest BCUT2D eigenvalue weighted by Gasteiger charge is -2.35. The molecule has 0 spiro atoms. The maximum atomic E-state index is 12.5. The van der Waals surface area contributed by atoms with Gasteiger partial charge in [0.05, 0.1) is 10.6 Å². The SMILES string of the molecule is Cc1ccc(C(=O)N2CCN(C(=O)c3ccccc3Cl)CC2)cc1. The highest BCUT2D eigenvalue weighted by Gasteiger charge is 2.26. The fourth-order valence-electron chi connectivity index (χ4n) is 2.80. The van der Waals surface area contributed by atoms with Gasteiger partial charge in [-0.25, -0.2) is 0 Å². The second kappa shape index (κ2) is 7.05. The van der Waals surface area contributed by atoms with Crippen molar-refractivity contribution in [2.45, 2.75) is 6.92 Å². The Morgan fingerprint density at radius 2 is 1.38 bits per heavy atom. The molecule has 0 atom stereocenters. The summed E-state index contributed by atoms with van der Waals surface area (Å²) in [4.78, 5) is 28.6. The van der Waals surface area contributed by atoms with Gasteiger partial charge in [0.2, 0.25) is 0 Å². The fourth-order valence-corrected chi connectivity index (χ4v) is 3.01. The van der Waals surface area contributed by atoms with Gasteiger partial charge in [0.1, 0.15) is 0 Å². The first-order valence-electron chi connectivity index (χ1n) is 7.96. The predicted molar refractivity (Wildman–Crippen MR) is 94.4 cm³/mol. The predicted octanol–water partition coefficient (Wildman–Crippen LogP) is 3.25. The Kier molecular flexibility index (Phi) is 4.86. The van der Waals surface area contributed by atoms with Gasteiger partial charge in [0.15, 0.2) is 0 Å². The van der Waals surface area contributed by atoms with Crippen LogP contribution in [-0.4, -0.2) is 47.8 Å². The van der Waals surface area contributed by atoms with E-state index >= 15 is 0 Å². The van der Waals surface area contributed by atoms with Crippen molar-refractivity contribution >= 4 is 23.4 Å². The van der Waals surface area contributed by atoms with E-state index in [1.807, 2.05) is 31.2 Å². The highest BCUT2D eigenvalue weighted by Crippen LogP contribution is 2.18. The number of hydrogen-bond donors (Lipinski definition) is 0. The van der Waals surface area contributed by atoms with E-state index < -0.39 is 0 Å². The van der Waals surface area contributed by atoms with Crippen LogP contribution in [0.3, 0.4) is 0 Å². The zero-order chi connectivity index (χ0) is 17.1. The minimum atomic E-state index is -0.0805. The summed E-state index contributed by atoms with van der Waals surface area (Å²) in [6.45, 7) is 4.09. The van der Waals surface area contributed by atoms with Crippen LogP contribution in [-0.2, 0) is 0 Å². The van der Waals surface area contributed by atoms with Crippen molar-refractivity contribution in [1.29, 1.82) is 0 Å². The van der Waals surface area contributed by atoms with Crippen molar-refractivity contribution in [3.05, 3.63) is 70.2 Å². The molecule has 1 heterocycles. The van der Waals surface area contributed by atoms with Gasteiger partial charge < -0.3 is 9.80 Å². The first-order valence-corrected chi connectivity index (χ1v) is 8.34. The van der Waals surface area contributed by atoms with Gasteiger partial charge >= 0.3 is 0 Å². The number of aryl methyl sites for hydroxylation is 1. The fraction of sp³-hybridized carbons (Fsp3) is 0.263. The summed E-state index contributed by atoms with van der Waals surface area (Å²) in [5.74, 6) is -0.0668. The number of rotatable bonds is 2. The minimum absolute atomic E-state index is 0.0137. The Bertz CT molecular complexity index is 750. The van der Waals surface area contributed by atoms with Crippen LogP contribution in [0.25, 0.3) is 0 Å². The van der Waals surface area contributed by atoms with Crippen LogP contribution in [0.1, 0.15) is 26.3 Å². The number of hydrogen-bond acceptors (Lipinski definition) is 2. The smallest absolute Gasteiger partial charge is 0.255 e. The third-order valence-electron chi connectivity index (χ3n) is 4.26. The summed E-state index contributed by atoms with van der Waals surface area (Å²) in [5, 5.41) is 0.459. The second-order valence-electron chi connectivity index (χ2n) is 5.93. The first-order chi connectivity index (χ1) is 11.6. The molecule has 0 N–H and O–H groups in total. The average molecular weight is 343 g/mol. The quantitative estimate of drug-likeness (QED) is 0.840. The van der Waals surface area contributed by atoms with Gasteiger partial charge in [0.25, 0.3) is 11.8 Å². The van der Waals surface area contributed by atoms with E-state index in [2.05, 4.69) is 0 Å². The lowest BCUT2D eigenvalue weighted by atomic mass is 10.1. The number of halogens is 1. The van der Waals surface area contributed by atoms with Crippen molar-refractivity contribution in [2.24, 2.45) is 0 Å². The summed E-state index contributed by atoms with van der Waals surface area (Å²) in [5.41, 5.74) is 2.32. The lowest BCUT2D eigenvalue weighted by molar-refractivity contribution is 0.0535. The number of carbonyl (C=O) groups excluding carboxylic acids is 2. The topological polar surface area (TPSA) is 40.6 Å². The van der Waals surface area contributed by atoms with Crippen LogP contribution in [0.5, 0.6) is 0 Å². The Labute approximate surface area is 146 Å². The van der Waals surface area contributed by atoms with E-state index in [4.69, 9.17) is 11.6 Å². The van der Waals surface area contributed by atoms with E-state index in [1.165, 1.54) is 0 Å². The van der Waals surface area contributed by atoms with E-state index in [9.17, 15) is 9.59 Å². The van der Waals surface area contributed by atoms with Gasteiger partial charge in [-0.05, 0) is 31.2 Å². The summed E-state index contributed by atoms with van der Waals surface area (Å²) in [6.07, 6.45) is 0. The number of carbonyl (C=O) groups is 2. The van der Waals surface area contributed by atoms with Gasteiger partial charge in [-0.1, -0.05) is 41.4 Å². The summed E-state index contributed by atoms with van der Waals surface area (Å²) >= 11 is 6.10. The molecule has 0 aromatic heterocycles. The van der Waals surface area contributed by atoms with Crippen LogP contribution < -0.4 is 0 Å². The molecule has 0 bridgehead atoms. The average Bonchev–Trinajstić information content (AvgIpc) is 2.62. The monoisotopic (exact) mass is 342 g/mol. The lowest BCUT2D eigenvalue weighted by Crippen LogP contribution is -2.50. The van der Waals surface area contributed by atoms with E-state index in [1.54, 1.807) is 34.1 Å². The normalized spacial score (nSPS) is 14.6. The van der Waals surface area contributed by atoms with Crippen molar-refractivity contribution in [3.8, 4) is 0 Å². The molecular weight excluding hydrogens is 324 g/mol. The van der Waals surface area contributed by atoms with Gasteiger partial charge in [-0.15, -0.1) is 0 Å². The molecule has 0 saturated carbocycles. The molecular formula is C19H19ClN2O2. The van der Waals surface area contributed by atoms with E-state index in [0.29, 0.717) is 42.3 Å². The zero-order valence-electron chi connectivity index (χ0n) is 13.5. The molecule has 0 unspecified atom stereocenters. The van der Waals surface area contributed by atoms with Gasteiger partial charge in [-0.3, -0.25) is 9.59 Å². The Morgan fingerprint density at radius 1 is 0.833 bits per heavy atom. The van der Waals surface area contributed by atoms with Gasteiger partial charge in [-0.2, -0.15) is 0 Å². The molecule has 2 aromatic rings. The van der Waals surface area contributed by atoms with Crippen molar-refractivity contribution in [2.75, 3.05) is 26.2 Å². The minimum Gasteiger partial charge on any atom is -0.335 e. The third-order valence-corrected chi connectivity index (χ3v) is 4.59. The van der Waals surface area contributed by atoms with Crippen molar-refractivity contribution in [1.82, 2.24) is 9.80 Å². The molecule has 24 heavy (non-hydrogen) atoms. The summed E-state index contributed by atoms with van der Waals surface area (Å²) < 4.78 is 0. The Hall–Kier alpha value is -2.33. The highest BCUT2D eigenvalue weighted by molar-refractivity contribution is 6.33. The number of piperazine rings is 1. The summed E-state index contributed by atoms with van der Waals surface area (Å²) in [6, 6.07) is 14.6. The first kappa shape index (κ1) is 16.5. The molecule has 124 valence electrons. The Balaban J connectivity index is 1.63.